The summed E-state index contributed by atoms with van der Waals surface area (Å²) >= 11 is 0. The van der Waals surface area contributed by atoms with Gasteiger partial charge in [0.2, 0.25) is 0 Å². The molecular formula is C16H23N5O. The highest BCUT2D eigenvalue weighted by Gasteiger charge is 2.30. The molecule has 22 heavy (non-hydrogen) atoms. The SMILES string of the molecule is Cn1cccc1[C@H]1CCCN1C(=O)NCCCn1cccn1. The van der Waals surface area contributed by atoms with Gasteiger partial charge >= 0.3 is 6.03 Å². The van der Waals surface area contributed by atoms with Gasteiger partial charge in [-0.3, -0.25) is 4.68 Å². The molecule has 0 aliphatic carbocycles. The summed E-state index contributed by atoms with van der Waals surface area (Å²) in [6.07, 6.45) is 8.74. The van der Waals surface area contributed by atoms with Crippen molar-refractivity contribution in [2.24, 2.45) is 7.05 Å². The van der Waals surface area contributed by atoms with Gasteiger partial charge in [0.05, 0.1) is 6.04 Å². The number of rotatable bonds is 5. The normalized spacial score (nSPS) is 17.9. The van der Waals surface area contributed by atoms with E-state index in [0.29, 0.717) is 6.54 Å². The predicted molar refractivity (Wildman–Crippen MR) is 84.3 cm³/mol. The number of carbonyl (C=O) groups is 1. The number of carbonyl (C=O) groups excluding carboxylic acids is 1. The number of aryl methyl sites for hydroxylation is 2. The maximum absolute atomic E-state index is 12.4. The molecule has 0 unspecified atom stereocenters. The first-order valence-electron chi connectivity index (χ1n) is 7.89. The summed E-state index contributed by atoms with van der Waals surface area (Å²) in [6.45, 7) is 2.34. The van der Waals surface area contributed by atoms with Crippen molar-refractivity contribution in [2.45, 2.75) is 31.8 Å². The fourth-order valence-electron chi connectivity index (χ4n) is 3.11. The summed E-state index contributed by atoms with van der Waals surface area (Å²) in [5.41, 5.74) is 1.21. The largest absolute Gasteiger partial charge is 0.353 e. The van der Waals surface area contributed by atoms with E-state index in [1.165, 1.54) is 5.69 Å². The molecule has 0 bridgehead atoms. The number of hydrogen-bond acceptors (Lipinski definition) is 2. The second-order valence-corrected chi connectivity index (χ2v) is 5.75. The molecule has 0 spiro atoms. The molecule has 1 aliphatic rings. The van der Waals surface area contributed by atoms with Crippen LogP contribution in [0.3, 0.4) is 0 Å². The molecular weight excluding hydrogens is 278 g/mol. The van der Waals surface area contributed by atoms with E-state index in [4.69, 9.17) is 0 Å². The molecule has 0 radical (unpaired) electrons. The first-order chi connectivity index (χ1) is 10.8. The third kappa shape index (κ3) is 3.16. The number of likely N-dealkylation sites (tertiary alicyclic amines) is 1. The highest BCUT2D eigenvalue weighted by atomic mass is 16.2. The minimum absolute atomic E-state index is 0.0455. The van der Waals surface area contributed by atoms with Crippen molar-refractivity contribution in [1.82, 2.24) is 24.6 Å². The van der Waals surface area contributed by atoms with Crippen LogP contribution < -0.4 is 5.32 Å². The van der Waals surface area contributed by atoms with Gasteiger partial charge in [-0.15, -0.1) is 0 Å². The standard InChI is InChI=1S/C16H23N5O/c1-19-10-2-6-14(19)15-7-3-13-21(15)16(22)17-8-4-11-20-12-5-9-18-20/h2,5-6,9-10,12,15H,3-4,7-8,11,13H2,1H3,(H,17,22)/t15-/m1/s1. The summed E-state index contributed by atoms with van der Waals surface area (Å²) < 4.78 is 3.99. The summed E-state index contributed by atoms with van der Waals surface area (Å²) in [7, 11) is 2.04. The van der Waals surface area contributed by atoms with Gasteiger partial charge in [0, 0.05) is 51.0 Å². The maximum Gasteiger partial charge on any atom is 0.317 e. The van der Waals surface area contributed by atoms with Crippen molar-refractivity contribution >= 4 is 6.03 Å². The third-order valence-corrected chi connectivity index (χ3v) is 4.24. The second-order valence-electron chi connectivity index (χ2n) is 5.75. The number of nitrogens with zero attached hydrogens (tertiary/aromatic N) is 4. The zero-order valence-corrected chi connectivity index (χ0v) is 13.0. The van der Waals surface area contributed by atoms with Crippen molar-refractivity contribution in [1.29, 1.82) is 0 Å². The number of nitrogens with one attached hydrogen (secondary N) is 1. The van der Waals surface area contributed by atoms with Crippen LogP contribution in [0, 0.1) is 0 Å². The molecule has 6 heteroatoms. The van der Waals surface area contributed by atoms with Crippen molar-refractivity contribution in [3.8, 4) is 0 Å². The fourth-order valence-corrected chi connectivity index (χ4v) is 3.11. The zero-order chi connectivity index (χ0) is 15.4. The summed E-state index contributed by atoms with van der Waals surface area (Å²) in [5.74, 6) is 0. The Balaban J connectivity index is 1.50. The van der Waals surface area contributed by atoms with Crippen molar-refractivity contribution < 1.29 is 4.79 Å². The third-order valence-electron chi connectivity index (χ3n) is 4.24. The van der Waals surface area contributed by atoms with Gasteiger partial charge in [-0.25, -0.2) is 4.79 Å². The van der Waals surface area contributed by atoms with Gasteiger partial charge < -0.3 is 14.8 Å². The van der Waals surface area contributed by atoms with E-state index in [-0.39, 0.29) is 12.1 Å². The van der Waals surface area contributed by atoms with Crippen LogP contribution in [0.1, 0.15) is 31.0 Å². The number of hydrogen-bond donors (Lipinski definition) is 1. The Bertz CT molecular complexity index is 604. The molecule has 0 aromatic carbocycles. The average Bonchev–Trinajstić information content (AvgIpc) is 3.24. The number of amides is 2. The van der Waals surface area contributed by atoms with E-state index in [1.807, 2.05) is 41.2 Å². The van der Waals surface area contributed by atoms with Crippen LogP contribution in [0.4, 0.5) is 4.79 Å². The molecule has 118 valence electrons. The molecule has 1 aliphatic heterocycles. The second kappa shape index (κ2) is 6.68. The number of aromatic nitrogens is 3. The van der Waals surface area contributed by atoms with Crippen LogP contribution in [0.15, 0.2) is 36.8 Å². The lowest BCUT2D eigenvalue weighted by molar-refractivity contribution is 0.191. The van der Waals surface area contributed by atoms with Gasteiger partial charge in [0.1, 0.15) is 0 Å². The van der Waals surface area contributed by atoms with E-state index in [1.54, 1.807) is 6.20 Å². The lowest BCUT2D eigenvalue weighted by Gasteiger charge is -2.25. The average molecular weight is 301 g/mol. The summed E-state index contributed by atoms with van der Waals surface area (Å²) in [5, 5.41) is 7.19. The molecule has 2 amide bonds. The first-order valence-corrected chi connectivity index (χ1v) is 7.89. The quantitative estimate of drug-likeness (QED) is 0.860. The molecule has 2 aromatic heterocycles. The van der Waals surface area contributed by atoms with Gasteiger partial charge in [0.15, 0.2) is 0 Å². The molecule has 1 fully saturated rings. The number of urea groups is 1. The lowest BCUT2D eigenvalue weighted by Crippen LogP contribution is -2.40. The Labute approximate surface area is 130 Å². The molecule has 3 rings (SSSR count). The van der Waals surface area contributed by atoms with E-state index in [0.717, 1.165) is 32.4 Å². The van der Waals surface area contributed by atoms with Gasteiger partial charge in [-0.2, -0.15) is 5.10 Å². The monoisotopic (exact) mass is 301 g/mol. The molecule has 0 saturated carbocycles. The minimum Gasteiger partial charge on any atom is -0.353 e. The van der Waals surface area contributed by atoms with Gasteiger partial charge in [-0.1, -0.05) is 0 Å². The maximum atomic E-state index is 12.4. The Morgan fingerprint density at radius 1 is 1.41 bits per heavy atom. The van der Waals surface area contributed by atoms with E-state index < -0.39 is 0 Å². The fraction of sp³-hybridized carbons (Fsp3) is 0.500. The summed E-state index contributed by atoms with van der Waals surface area (Å²) in [4.78, 5) is 14.4. The van der Waals surface area contributed by atoms with Crippen LogP contribution in [0.2, 0.25) is 0 Å². The summed E-state index contributed by atoms with van der Waals surface area (Å²) in [6, 6.07) is 6.30. The van der Waals surface area contributed by atoms with Crippen molar-refractivity contribution in [3.63, 3.8) is 0 Å². The molecule has 1 N–H and O–H groups in total. The van der Waals surface area contributed by atoms with Crippen LogP contribution in [-0.2, 0) is 13.6 Å². The van der Waals surface area contributed by atoms with Gasteiger partial charge in [0.25, 0.3) is 0 Å². The lowest BCUT2D eigenvalue weighted by atomic mass is 10.1. The minimum atomic E-state index is 0.0455. The van der Waals surface area contributed by atoms with Crippen LogP contribution >= 0.6 is 0 Å². The Hall–Kier alpha value is -2.24. The molecule has 2 aromatic rings. The van der Waals surface area contributed by atoms with Crippen molar-refractivity contribution in [2.75, 3.05) is 13.1 Å². The Morgan fingerprint density at radius 2 is 2.32 bits per heavy atom. The van der Waals surface area contributed by atoms with E-state index >= 15 is 0 Å². The van der Waals surface area contributed by atoms with Crippen LogP contribution in [0.5, 0.6) is 0 Å². The highest BCUT2D eigenvalue weighted by molar-refractivity contribution is 5.75. The molecule has 1 atom stereocenters. The van der Waals surface area contributed by atoms with E-state index in [2.05, 4.69) is 21.0 Å². The van der Waals surface area contributed by atoms with Crippen LogP contribution in [-0.4, -0.2) is 38.4 Å². The zero-order valence-electron chi connectivity index (χ0n) is 13.0. The molecule has 3 heterocycles. The van der Waals surface area contributed by atoms with Crippen molar-refractivity contribution in [3.05, 3.63) is 42.5 Å². The van der Waals surface area contributed by atoms with E-state index in [9.17, 15) is 4.79 Å². The molecule has 6 nitrogen and oxygen atoms in total. The topological polar surface area (TPSA) is 55.1 Å². The van der Waals surface area contributed by atoms with Crippen LogP contribution in [0.25, 0.3) is 0 Å². The Kier molecular flexibility index (Phi) is 4.46. The molecule has 1 saturated heterocycles. The predicted octanol–water partition coefficient (Wildman–Crippen LogP) is 2.16. The smallest absolute Gasteiger partial charge is 0.317 e. The Morgan fingerprint density at radius 3 is 3.05 bits per heavy atom. The highest BCUT2D eigenvalue weighted by Crippen LogP contribution is 2.31. The van der Waals surface area contributed by atoms with Gasteiger partial charge in [-0.05, 0) is 37.5 Å². The first kappa shape index (κ1) is 14.7.